The van der Waals surface area contributed by atoms with E-state index in [9.17, 15) is 0 Å². The molecule has 3 heterocycles. The number of para-hydroxylation sites is 3. The van der Waals surface area contributed by atoms with Crippen molar-refractivity contribution < 1.29 is 0 Å². The second-order valence-electron chi connectivity index (χ2n) is 20.3. The summed E-state index contributed by atoms with van der Waals surface area (Å²) in [5.41, 5.74) is 21.3. The van der Waals surface area contributed by atoms with Crippen LogP contribution in [-0.2, 0) is 16.2 Å². The third-order valence-electron chi connectivity index (χ3n) is 14.8. The van der Waals surface area contributed by atoms with Gasteiger partial charge in [-0.25, -0.2) is 0 Å². The number of aryl methyl sites for hydroxylation is 2. The van der Waals surface area contributed by atoms with Crippen LogP contribution in [0.4, 0.5) is 45.5 Å². The maximum absolute atomic E-state index is 2.86. The van der Waals surface area contributed by atoms with Gasteiger partial charge in [-0.3, -0.25) is 0 Å². The van der Waals surface area contributed by atoms with Gasteiger partial charge in [-0.2, -0.15) is 0 Å². The van der Waals surface area contributed by atoms with E-state index in [1.807, 2.05) is 0 Å². The highest BCUT2D eigenvalue weighted by molar-refractivity contribution is 7.00. The van der Waals surface area contributed by atoms with Gasteiger partial charge in [-0.05, 0) is 131 Å². The molecule has 4 heteroatoms. The smallest absolute Gasteiger partial charge is 0.252 e. The van der Waals surface area contributed by atoms with E-state index in [2.05, 4.69) is 205 Å². The Balaban J connectivity index is 1.32. The lowest BCUT2D eigenvalue weighted by Crippen LogP contribution is -2.64. The Labute approximate surface area is 347 Å². The predicted octanol–water partition coefficient (Wildman–Crippen LogP) is 12.7. The lowest BCUT2D eigenvalue weighted by molar-refractivity contribution is 0.195. The second kappa shape index (κ2) is 12.6. The van der Waals surface area contributed by atoms with Gasteiger partial charge < -0.3 is 14.7 Å². The summed E-state index contributed by atoms with van der Waals surface area (Å²) >= 11 is 0. The number of nitrogens with zero attached hydrogens (tertiary/aromatic N) is 3. The molecule has 2 unspecified atom stereocenters. The molecule has 6 aromatic rings. The molecule has 1 fully saturated rings. The zero-order valence-corrected chi connectivity index (χ0v) is 36.3. The van der Waals surface area contributed by atoms with Crippen LogP contribution in [0, 0.1) is 13.8 Å². The van der Waals surface area contributed by atoms with Gasteiger partial charge in [0, 0.05) is 45.2 Å². The first kappa shape index (κ1) is 37.1. The Morgan fingerprint density at radius 2 is 1.10 bits per heavy atom. The van der Waals surface area contributed by atoms with Crippen molar-refractivity contribution in [2.24, 2.45) is 0 Å². The molecule has 6 aromatic carbocycles. The Hall–Kier alpha value is -5.22. The Bertz CT molecular complexity index is 2550. The number of hydrogen-bond donors (Lipinski definition) is 0. The fourth-order valence-electron chi connectivity index (χ4n) is 11.4. The third-order valence-corrected chi connectivity index (χ3v) is 14.8. The summed E-state index contributed by atoms with van der Waals surface area (Å²) in [4.78, 5) is 8.00. The summed E-state index contributed by atoms with van der Waals surface area (Å²) in [6.07, 6.45) is 4.91. The van der Waals surface area contributed by atoms with E-state index >= 15 is 0 Å². The number of rotatable bonds is 4. The van der Waals surface area contributed by atoms with E-state index in [0.29, 0.717) is 0 Å². The molecule has 10 rings (SSSR count). The normalized spacial score (nSPS) is 20.3. The molecule has 1 saturated carbocycles. The van der Waals surface area contributed by atoms with Crippen LogP contribution in [0.5, 0.6) is 0 Å². The average Bonchev–Trinajstić information content (AvgIpc) is 3.41. The largest absolute Gasteiger partial charge is 0.335 e. The van der Waals surface area contributed by atoms with E-state index < -0.39 is 0 Å². The molecule has 0 spiro atoms. The molecule has 0 bridgehead atoms. The fraction of sp³-hybridized carbons (Fsp3) is 0.333. The molecular formula is C54H58BN3. The van der Waals surface area contributed by atoms with Gasteiger partial charge in [-0.1, -0.05) is 140 Å². The fourth-order valence-corrected chi connectivity index (χ4v) is 11.4. The van der Waals surface area contributed by atoms with Gasteiger partial charge in [0.2, 0.25) is 0 Å². The molecule has 3 aliphatic heterocycles. The van der Waals surface area contributed by atoms with E-state index in [1.54, 1.807) is 0 Å². The summed E-state index contributed by atoms with van der Waals surface area (Å²) in [5.74, 6) is 0. The molecular weight excluding hydrogens is 701 g/mol. The standard InChI is InChI=1S/C54H58BN3/c1-35-17-11-12-22-45(35)57-46-33-41(56(39-27-23-37(24-28-39)51(3,4)5)40-29-25-38(26-30-40)52(6,7)8)34-47-48(46)55(43-20-15-18-36(2)49(43)57)44-21-16-19-42-50(44)58(47)54(10)32-14-13-31-53(42,54)9/h11-12,15-30,33-34H,13-14,31-32H2,1-10H3. The molecule has 58 heavy (non-hydrogen) atoms. The molecule has 0 aromatic heterocycles. The van der Waals surface area contributed by atoms with E-state index in [1.165, 1.54) is 115 Å². The maximum Gasteiger partial charge on any atom is 0.252 e. The minimum atomic E-state index is -0.0605. The van der Waals surface area contributed by atoms with E-state index in [4.69, 9.17) is 0 Å². The molecule has 0 saturated heterocycles. The van der Waals surface area contributed by atoms with Crippen LogP contribution in [0.25, 0.3) is 0 Å². The van der Waals surface area contributed by atoms with Gasteiger partial charge in [0.05, 0.1) is 11.2 Å². The first-order valence-electron chi connectivity index (χ1n) is 21.7. The molecule has 0 radical (unpaired) electrons. The zero-order chi connectivity index (χ0) is 40.5. The Morgan fingerprint density at radius 1 is 0.552 bits per heavy atom. The van der Waals surface area contributed by atoms with Crippen molar-refractivity contribution in [2.45, 2.75) is 117 Å². The van der Waals surface area contributed by atoms with Crippen LogP contribution in [-0.4, -0.2) is 12.3 Å². The topological polar surface area (TPSA) is 9.72 Å². The van der Waals surface area contributed by atoms with Crippen molar-refractivity contribution in [3.63, 3.8) is 0 Å². The number of benzene rings is 6. The van der Waals surface area contributed by atoms with Gasteiger partial charge in [0.1, 0.15) is 0 Å². The van der Waals surface area contributed by atoms with Gasteiger partial charge >= 0.3 is 0 Å². The number of anilines is 8. The summed E-state index contributed by atoms with van der Waals surface area (Å²) in [7, 11) is 0. The number of hydrogen-bond acceptors (Lipinski definition) is 3. The van der Waals surface area contributed by atoms with E-state index in [0.717, 1.165) is 0 Å². The van der Waals surface area contributed by atoms with Gasteiger partial charge in [0.15, 0.2) is 0 Å². The van der Waals surface area contributed by atoms with Gasteiger partial charge in [0.25, 0.3) is 6.71 Å². The highest BCUT2D eigenvalue weighted by atomic mass is 15.3. The molecule has 292 valence electrons. The highest BCUT2D eigenvalue weighted by Crippen LogP contribution is 2.62. The monoisotopic (exact) mass is 759 g/mol. The lowest BCUT2D eigenvalue weighted by atomic mass is 9.33. The molecule has 4 aliphatic rings. The van der Waals surface area contributed by atoms with Crippen LogP contribution in [0.15, 0.2) is 121 Å². The highest BCUT2D eigenvalue weighted by Gasteiger charge is 2.61. The first-order chi connectivity index (χ1) is 27.6. The molecule has 2 atom stereocenters. The Kier molecular flexibility index (Phi) is 8.08. The molecule has 0 amide bonds. The summed E-state index contributed by atoms with van der Waals surface area (Å²) in [6, 6.07) is 47.1. The van der Waals surface area contributed by atoms with Crippen LogP contribution >= 0.6 is 0 Å². The predicted molar refractivity (Wildman–Crippen MR) is 250 cm³/mol. The third kappa shape index (κ3) is 5.19. The molecule has 0 N–H and O–H groups in total. The summed E-state index contributed by atoms with van der Waals surface area (Å²) in [6.45, 7) is 23.7. The van der Waals surface area contributed by atoms with Crippen molar-refractivity contribution in [1.82, 2.24) is 0 Å². The van der Waals surface area contributed by atoms with Crippen LogP contribution in [0.2, 0.25) is 0 Å². The minimum absolute atomic E-state index is 0.0450. The van der Waals surface area contributed by atoms with Crippen molar-refractivity contribution in [1.29, 1.82) is 0 Å². The van der Waals surface area contributed by atoms with Crippen molar-refractivity contribution in [3.8, 4) is 0 Å². The maximum atomic E-state index is 2.86. The number of fused-ring (bicyclic) bond motifs is 7. The molecule has 1 aliphatic carbocycles. The average molecular weight is 760 g/mol. The lowest BCUT2D eigenvalue weighted by Gasteiger charge is -2.53. The van der Waals surface area contributed by atoms with Gasteiger partial charge in [-0.15, -0.1) is 0 Å². The van der Waals surface area contributed by atoms with E-state index in [-0.39, 0.29) is 28.5 Å². The van der Waals surface area contributed by atoms with Crippen molar-refractivity contribution >= 4 is 68.6 Å². The summed E-state index contributed by atoms with van der Waals surface area (Å²) in [5, 5.41) is 0. The second-order valence-corrected chi connectivity index (χ2v) is 20.3. The van der Waals surface area contributed by atoms with Crippen LogP contribution in [0.1, 0.15) is 109 Å². The first-order valence-corrected chi connectivity index (χ1v) is 21.7. The van der Waals surface area contributed by atoms with Crippen LogP contribution in [0.3, 0.4) is 0 Å². The minimum Gasteiger partial charge on any atom is -0.335 e. The summed E-state index contributed by atoms with van der Waals surface area (Å²) < 4.78 is 0. The Morgan fingerprint density at radius 3 is 1.72 bits per heavy atom. The zero-order valence-electron chi connectivity index (χ0n) is 36.3. The molecule has 3 nitrogen and oxygen atoms in total. The SMILES string of the molecule is Cc1ccccc1N1c2cc(N(c3ccc(C(C)(C)C)cc3)c3ccc(C(C)(C)C)cc3)cc3c2B(c2cccc(C)c21)c1cccc2c1N3C1(C)CCCCC21C. The van der Waals surface area contributed by atoms with Crippen LogP contribution < -0.4 is 31.1 Å². The van der Waals surface area contributed by atoms with Crippen molar-refractivity contribution in [3.05, 3.63) is 149 Å². The van der Waals surface area contributed by atoms with Crippen molar-refractivity contribution in [2.75, 3.05) is 14.7 Å². The quantitative estimate of drug-likeness (QED) is 0.166.